The topological polar surface area (TPSA) is 122 Å². The van der Waals surface area contributed by atoms with Gasteiger partial charge in [0.15, 0.2) is 0 Å². The minimum Gasteiger partial charge on any atom is -0.495 e. The maximum atomic E-state index is 13.2. The molecule has 0 spiro atoms. The normalized spacial score (nSPS) is 14.9. The number of hydrogen-bond donors (Lipinski definition) is 2. The number of hydrogen-bond acceptors (Lipinski definition) is 7. The van der Waals surface area contributed by atoms with Crippen molar-refractivity contribution in [3.05, 3.63) is 65.5 Å². The summed E-state index contributed by atoms with van der Waals surface area (Å²) < 4.78 is 60.5. The molecule has 1 aliphatic rings. The molecule has 1 amide bonds. The van der Waals surface area contributed by atoms with Gasteiger partial charge in [0.05, 0.1) is 7.11 Å². The second kappa shape index (κ2) is 10.4. The number of sulfonamides is 2. The SMILES string of the molecule is COc1ccc(NC(=O)c2ccc(NS(=O)(=O)c3cccs3)cc2)cc1S(=O)(=O)N1CCCCC1. The number of nitrogens with zero attached hydrogens (tertiary/aromatic N) is 1. The van der Waals surface area contributed by atoms with Crippen molar-refractivity contribution in [3.63, 3.8) is 0 Å². The standard InChI is InChI=1S/C23H25N3O6S3/c1-32-20-12-11-19(16-21(20)35(30,31)26-13-3-2-4-14-26)24-23(27)17-7-9-18(10-8-17)25-34(28,29)22-6-5-15-33-22/h5-12,15-16,25H,2-4,13-14H2,1H3,(H,24,27). The van der Waals surface area contributed by atoms with Crippen LogP contribution in [-0.4, -0.2) is 47.2 Å². The molecule has 0 aliphatic carbocycles. The van der Waals surface area contributed by atoms with Crippen LogP contribution in [0.3, 0.4) is 0 Å². The second-order valence-corrected chi connectivity index (χ2v) is 12.7. The lowest BCUT2D eigenvalue weighted by Crippen LogP contribution is -2.35. The first-order valence-electron chi connectivity index (χ1n) is 10.9. The Hall–Kier alpha value is -2.93. The zero-order chi connectivity index (χ0) is 25.1. The number of ether oxygens (including phenoxy) is 1. The molecule has 0 radical (unpaired) electrons. The van der Waals surface area contributed by atoms with E-state index in [4.69, 9.17) is 4.74 Å². The van der Waals surface area contributed by atoms with Crippen molar-refractivity contribution in [2.45, 2.75) is 28.4 Å². The molecule has 186 valence electrons. The highest BCUT2D eigenvalue weighted by Crippen LogP contribution is 2.31. The van der Waals surface area contributed by atoms with E-state index in [1.165, 1.54) is 53.9 Å². The van der Waals surface area contributed by atoms with Crippen LogP contribution in [-0.2, 0) is 20.0 Å². The van der Waals surface area contributed by atoms with Crippen LogP contribution in [0.1, 0.15) is 29.6 Å². The third-order valence-electron chi connectivity index (χ3n) is 5.51. The Labute approximate surface area is 208 Å². The van der Waals surface area contributed by atoms with Gasteiger partial charge in [-0.3, -0.25) is 9.52 Å². The first kappa shape index (κ1) is 25.2. The number of rotatable bonds is 8. The summed E-state index contributed by atoms with van der Waals surface area (Å²) in [5.41, 5.74) is 0.892. The largest absolute Gasteiger partial charge is 0.495 e. The predicted octanol–water partition coefficient (Wildman–Crippen LogP) is 3.98. The molecular formula is C23H25N3O6S3. The molecule has 0 atom stereocenters. The second-order valence-electron chi connectivity index (χ2n) is 7.90. The van der Waals surface area contributed by atoms with Gasteiger partial charge in [-0.1, -0.05) is 12.5 Å². The number of piperidine rings is 1. The molecule has 2 heterocycles. The molecule has 0 bridgehead atoms. The van der Waals surface area contributed by atoms with Gasteiger partial charge in [-0.25, -0.2) is 16.8 Å². The third kappa shape index (κ3) is 5.67. The van der Waals surface area contributed by atoms with E-state index in [1.54, 1.807) is 17.5 Å². The fourth-order valence-electron chi connectivity index (χ4n) is 3.72. The summed E-state index contributed by atoms with van der Waals surface area (Å²) in [7, 11) is -6.07. The lowest BCUT2D eigenvalue weighted by Gasteiger charge is -2.26. The molecule has 1 saturated heterocycles. The number of benzene rings is 2. The molecule has 2 N–H and O–H groups in total. The maximum Gasteiger partial charge on any atom is 0.271 e. The quantitative estimate of drug-likeness (QED) is 0.450. The number of carbonyl (C=O) groups excluding carboxylic acids is 1. The highest BCUT2D eigenvalue weighted by molar-refractivity contribution is 7.94. The number of thiophene rings is 1. The lowest BCUT2D eigenvalue weighted by molar-refractivity contribution is 0.102. The van der Waals surface area contributed by atoms with Gasteiger partial charge in [0, 0.05) is 30.0 Å². The van der Waals surface area contributed by atoms with Gasteiger partial charge in [0.1, 0.15) is 14.9 Å². The van der Waals surface area contributed by atoms with E-state index in [-0.39, 0.29) is 20.4 Å². The van der Waals surface area contributed by atoms with Gasteiger partial charge < -0.3 is 10.1 Å². The number of anilines is 2. The Morgan fingerprint density at radius 3 is 2.26 bits per heavy atom. The third-order valence-corrected chi connectivity index (χ3v) is 10.2. The monoisotopic (exact) mass is 535 g/mol. The highest BCUT2D eigenvalue weighted by atomic mass is 32.2. The molecule has 35 heavy (non-hydrogen) atoms. The molecule has 9 nitrogen and oxygen atoms in total. The Morgan fingerprint density at radius 2 is 1.63 bits per heavy atom. The highest BCUT2D eigenvalue weighted by Gasteiger charge is 2.29. The van der Waals surface area contributed by atoms with Gasteiger partial charge >= 0.3 is 0 Å². The Bertz CT molecular complexity index is 1400. The molecule has 1 fully saturated rings. The van der Waals surface area contributed by atoms with Gasteiger partial charge in [-0.2, -0.15) is 4.31 Å². The summed E-state index contributed by atoms with van der Waals surface area (Å²) in [6, 6.07) is 13.6. The van der Waals surface area contributed by atoms with E-state index in [9.17, 15) is 21.6 Å². The van der Waals surface area contributed by atoms with Crippen molar-refractivity contribution in [1.82, 2.24) is 4.31 Å². The number of carbonyl (C=O) groups is 1. The summed E-state index contributed by atoms with van der Waals surface area (Å²) >= 11 is 1.10. The minimum absolute atomic E-state index is 0.00182. The van der Waals surface area contributed by atoms with Crippen LogP contribution < -0.4 is 14.8 Å². The number of nitrogens with one attached hydrogen (secondary N) is 2. The first-order valence-corrected chi connectivity index (χ1v) is 14.7. The number of amides is 1. The average Bonchev–Trinajstić information content (AvgIpc) is 3.41. The van der Waals surface area contributed by atoms with Crippen LogP contribution in [0.4, 0.5) is 11.4 Å². The number of methoxy groups -OCH3 is 1. The van der Waals surface area contributed by atoms with E-state index in [0.717, 1.165) is 30.6 Å². The Kier molecular flexibility index (Phi) is 7.45. The molecule has 1 aromatic heterocycles. The molecule has 3 aromatic rings. The van der Waals surface area contributed by atoms with Crippen molar-refractivity contribution in [2.24, 2.45) is 0 Å². The van der Waals surface area contributed by atoms with Crippen molar-refractivity contribution >= 4 is 48.7 Å². The van der Waals surface area contributed by atoms with Crippen LogP contribution in [0.25, 0.3) is 0 Å². The van der Waals surface area contributed by atoms with E-state index < -0.39 is 26.0 Å². The predicted molar refractivity (Wildman–Crippen MR) is 135 cm³/mol. The summed E-state index contributed by atoms with van der Waals surface area (Å²) in [5.74, 6) is -0.264. The molecule has 0 unspecified atom stereocenters. The van der Waals surface area contributed by atoms with E-state index >= 15 is 0 Å². The van der Waals surface area contributed by atoms with Crippen molar-refractivity contribution in [3.8, 4) is 5.75 Å². The summed E-state index contributed by atoms with van der Waals surface area (Å²) in [6.45, 7) is 0.898. The van der Waals surface area contributed by atoms with Crippen LogP contribution in [0.2, 0.25) is 0 Å². The van der Waals surface area contributed by atoms with Gasteiger partial charge in [-0.05, 0) is 66.8 Å². The van der Waals surface area contributed by atoms with Crippen LogP contribution >= 0.6 is 11.3 Å². The lowest BCUT2D eigenvalue weighted by atomic mass is 10.2. The van der Waals surface area contributed by atoms with Gasteiger partial charge in [-0.15, -0.1) is 11.3 Å². The average molecular weight is 536 g/mol. The molecule has 4 rings (SSSR count). The fourth-order valence-corrected chi connectivity index (χ4v) is 7.47. The molecular weight excluding hydrogens is 510 g/mol. The summed E-state index contributed by atoms with van der Waals surface area (Å²) in [5, 5.41) is 4.37. The van der Waals surface area contributed by atoms with Crippen molar-refractivity contribution in [2.75, 3.05) is 30.2 Å². The molecule has 12 heteroatoms. The summed E-state index contributed by atoms with van der Waals surface area (Å²) in [4.78, 5) is 12.8. The molecule has 2 aromatic carbocycles. The zero-order valence-corrected chi connectivity index (χ0v) is 21.4. The summed E-state index contributed by atoms with van der Waals surface area (Å²) in [6.07, 6.45) is 2.60. The van der Waals surface area contributed by atoms with E-state index in [2.05, 4.69) is 10.0 Å². The van der Waals surface area contributed by atoms with E-state index in [0.29, 0.717) is 24.5 Å². The van der Waals surface area contributed by atoms with E-state index in [1.807, 2.05) is 0 Å². The molecule has 0 saturated carbocycles. The Balaban J connectivity index is 1.50. The smallest absolute Gasteiger partial charge is 0.271 e. The first-order chi connectivity index (χ1) is 16.7. The van der Waals surface area contributed by atoms with Crippen molar-refractivity contribution < 1.29 is 26.4 Å². The maximum absolute atomic E-state index is 13.2. The molecule has 1 aliphatic heterocycles. The van der Waals surface area contributed by atoms with Gasteiger partial charge in [0.2, 0.25) is 10.0 Å². The van der Waals surface area contributed by atoms with Gasteiger partial charge in [0.25, 0.3) is 15.9 Å². The van der Waals surface area contributed by atoms with Crippen molar-refractivity contribution in [1.29, 1.82) is 0 Å². The minimum atomic E-state index is -3.78. The van der Waals surface area contributed by atoms with Crippen LogP contribution in [0.5, 0.6) is 5.75 Å². The zero-order valence-electron chi connectivity index (χ0n) is 18.9. The van der Waals surface area contributed by atoms with Crippen LogP contribution in [0, 0.1) is 0 Å². The Morgan fingerprint density at radius 1 is 0.943 bits per heavy atom. The van der Waals surface area contributed by atoms with Crippen LogP contribution in [0.15, 0.2) is 69.1 Å². The fraction of sp³-hybridized carbons (Fsp3) is 0.261.